The van der Waals surface area contributed by atoms with Crippen molar-refractivity contribution >= 4 is 17.3 Å². The normalized spacial score (nSPS) is 10.2. The van der Waals surface area contributed by atoms with Crippen LogP contribution in [0.5, 0.6) is 5.75 Å². The maximum absolute atomic E-state index is 12.8. The minimum absolute atomic E-state index is 0.0879. The molecule has 0 aromatic heterocycles. The first-order chi connectivity index (χ1) is 9.90. The van der Waals surface area contributed by atoms with Crippen LogP contribution in [0.1, 0.15) is 10.4 Å². The van der Waals surface area contributed by atoms with Gasteiger partial charge in [0.1, 0.15) is 5.82 Å². The third kappa shape index (κ3) is 2.97. The van der Waals surface area contributed by atoms with Crippen molar-refractivity contribution in [2.75, 3.05) is 11.9 Å². The lowest BCUT2D eigenvalue weighted by atomic mass is 10.1. The molecule has 1 amide bonds. The quantitative estimate of drug-likeness (QED) is 0.695. The van der Waals surface area contributed by atoms with Crippen LogP contribution in [0.4, 0.5) is 15.8 Å². The number of phenolic OH excluding ortho intramolecular Hbond substituents is 1. The van der Waals surface area contributed by atoms with E-state index in [9.17, 15) is 24.4 Å². The Morgan fingerprint density at radius 1 is 1.24 bits per heavy atom. The molecule has 0 radical (unpaired) electrons. The molecule has 0 aliphatic carbocycles. The summed E-state index contributed by atoms with van der Waals surface area (Å²) in [5.41, 5.74) is 0.0696. The van der Waals surface area contributed by atoms with Crippen molar-refractivity contribution in [2.45, 2.75) is 0 Å². The largest absolute Gasteiger partial charge is 0.502 e. The van der Waals surface area contributed by atoms with Crippen LogP contribution in [0, 0.1) is 15.9 Å². The molecule has 108 valence electrons. The number of anilines is 1. The average molecular weight is 290 g/mol. The second-order valence-electron chi connectivity index (χ2n) is 4.30. The van der Waals surface area contributed by atoms with Crippen LogP contribution in [0.2, 0.25) is 0 Å². The van der Waals surface area contributed by atoms with Crippen molar-refractivity contribution in [2.24, 2.45) is 0 Å². The number of benzene rings is 2. The van der Waals surface area contributed by atoms with Crippen LogP contribution >= 0.6 is 0 Å². The third-order valence-corrected chi connectivity index (χ3v) is 2.94. The zero-order valence-corrected chi connectivity index (χ0v) is 11.0. The minimum Gasteiger partial charge on any atom is -0.502 e. The van der Waals surface area contributed by atoms with Gasteiger partial charge in [-0.25, -0.2) is 4.39 Å². The van der Waals surface area contributed by atoms with Crippen LogP contribution in [-0.2, 0) is 0 Å². The molecule has 6 nitrogen and oxygen atoms in total. The number of hydrogen-bond acceptors (Lipinski definition) is 4. The summed E-state index contributed by atoms with van der Waals surface area (Å²) >= 11 is 0. The minimum atomic E-state index is -0.743. The van der Waals surface area contributed by atoms with E-state index in [1.54, 1.807) is 0 Å². The Balaban J connectivity index is 2.29. The highest BCUT2D eigenvalue weighted by atomic mass is 19.1. The molecule has 0 saturated carbocycles. The van der Waals surface area contributed by atoms with Gasteiger partial charge in [-0.2, -0.15) is 0 Å². The molecule has 0 fully saturated rings. The Hall–Kier alpha value is -2.96. The predicted molar refractivity (Wildman–Crippen MR) is 73.9 cm³/mol. The average Bonchev–Trinajstić information content (AvgIpc) is 2.46. The molecule has 0 aliphatic rings. The number of phenols is 1. The molecule has 0 unspecified atom stereocenters. The molecule has 1 N–H and O–H groups in total. The van der Waals surface area contributed by atoms with Crippen LogP contribution in [0.25, 0.3) is 0 Å². The van der Waals surface area contributed by atoms with Gasteiger partial charge in [-0.05, 0) is 36.4 Å². The number of hydrogen-bond donors (Lipinski definition) is 1. The lowest BCUT2D eigenvalue weighted by Crippen LogP contribution is -2.26. The number of aromatic hydroxyl groups is 1. The van der Waals surface area contributed by atoms with Gasteiger partial charge in [-0.1, -0.05) is 0 Å². The Labute approximate surface area is 119 Å². The van der Waals surface area contributed by atoms with Gasteiger partial charge in [-0.15, -0.1) is 0 Å². The summed E-state index contributed by atoms with van der Waals surface area (Å²) in [7, 11) is 1.48. The number of halogens is 1. The van der Waals surface area contributed by atoms with E-state index < -0.39 is 28.1 Å². The summed E-state index contributed by atoms with van der Waals surface area (Å²) in [6.45, 7) is 0. The monoisotopic (exact) mass is 290 g/mol. The lowest BCUT2D eigenvalue weighted by molar-refractivity contribution is -0.385. The van der Waals surface area contributed by atoms with E-state index in [0.717, 1.165) is 12.1 Å². The highest BCUT2D eigenvalue weighted by Crippen LogP contribution is 2.27. The summed E-state index contributed by atoms with van der Waals surface area (Å²) in [5.74, 6) is -1.49. The van der Waals surface area contributed by atoms with E-state index in [-0.39, 0.29) is 5.56 Å². The van der Waals surface area contributed by atoms with E-state index in [2.05, 4.69) is 0 Å². The number of amides is 1. The van der Waals surface area contributed by atoms with Crippen molar-refractivity contribution in [1.29, 1.82) is 0 Å². The number of carbonyl (C=O) groups excluding carboxylic acids is 1. The van der Waals surface area contributed by atoms with Crippen LogP contribution < -0.4 is 4.90 Å². The van der Waals surface area contributed by atoms with Gasteiger partial charge in [0, 0.05) is 24.4 Å². The number of nitrogens with zero attached hydrogens (tertiary/aromatic N) is 2. The van der Waals surface area contributed by atoms with E-state index in [0.29, 0.717) is 5.69 Å². The maximum Gasteiger partial charge on any atom is 0.310 e. The summed E-state index contributed by atoms with van der Waals surface area (Å²) in [5, 5.41) is 20.1. The fraction of sp³-hybridized carbons (Fsp3) is 0.0714. The fourth-order valence-corrected chi connectivity index (χ4v) is 1.79. The Bertz CT molecular complexity index is 701. The number of nitro groups is 1. The molecular weight excluding hydrogens is 279 g/mol. The second kappa shape index (κ2) is 5.58. The predicted octanol–water partition coefficient (Wildman–Crippen LogP) is 2.72. The SMILES string of the molecule is CN(C(=O)c1ccc([N+](=O)[O-])c(O)c1)c1ccc(F)cc1. The summed E-state index contributed by atoms with van der Waals surface area (Å²) in [6.07, 6.45) is 0. The van der Waals surface area contributed by atoms with Gasteiger partial charge >= 0.3 is 5.69 Å². The van der Waals surface area contributed by atoms with E-state index in [4.69, 9.17) is 0 Å². The third-order valence-electron chi connectivity index (χ3n) is 2.94. The topological polar surface area (TPSA) is 83.7 Å². The zero-order valence-electron chi connectivity index (χ0n) is 11.0. The van der Waals surface area contributed by atoms with Gasteiger partial charge in [0.15, 0.2) is 5.75 Å². The second-order valence-corrected chi connectivity index (χ2v) is 4.30. The van der Waals surface area contributed by atoms with Gasteiger partial charge < -0.3 is 10.0 Å². The van der Waals surface area contributed by atoms with Crippen LogP contribution in [-0.4, -0.2) is 23.0 Å². The first-order valence-electron chi connectivity index (χ1n) is 5.91. The molecule has 0 spiro atoms. The molecular formula is C14H11FN2O4. The maximum atomic E-state index is 12.8. The Kier molecular flexibility index (Phi) is 3.84. The van der Waals surface area contributed by atoms with Crippen molar-refractivity contribution in [3.63, 3.8) is 0 Å². The van der Waals surface area contributed by atoms with Crippen molar-refractivity contribution < 1.29 is 19.2 Å². The lowest BCUT2D eigenvalue weighted by Gasteiger charge is -2.17. The molecule has 0 heterocycles. The van der Waals surface area contributed by atoms with E-state index >= 15 is 0 Å². The number of rotatable bonds is 3. The first-order valence-corrected chi connectivity index (χ1v) is 5.91. The van der Waals surface area contributed by atoms with Gasteiger partial charge in [0.2, 0.25) is 0 Å². The van der Waals surface area contributed by atoms with Gasteiger partial charge in [-0.3, -0.25) is 14.9 Å². The summed E-state index contributed by atoms with van der Waals surface area (Å²) < 4.78 is 12.8. The molecule has 2 aromatic carbocycles. The smallest absolute Gasteiger partial charge is 0.310 e. The zero-order chi connectivity index (χ0) is 15.6. The molecule has 0 bridgehead atoms. The Morgan fingerprint density at radius 3 is 2.38 bits per heavy atom. The highest BCUT2D eigenvalue weighted by molar-refractivity contribution is 6.06. The fourth-order valence-electron chi connectivity index (χ4n) is 1.79. The standard InChI is InChI=1S/C14H11FN2O4/c1-16(11-5-3-10(15)4-6-11)14(19)9-2-7-12(17(20)21)13(18)8-9/h2-8,18H,1H3. The molecule has 21 heavy (non-hydrogen) atoms. The molecule has 0 saturated heterocycles. The van der Waals surface area contributed by atoms with Crippen molar-refractivity contribution in [1.82, 2.24) is 0 Å². The molecule has 2 rings (SSSR count). The first kappa shape index (κ1) is 14.4. The molecule has 7 heteroatoms. The summed E-state index contributed by atoms with van der Waals surface area (Å²) in [6, 6.07) is 8.62. The molecule has 0 atom stereocenters. The number of carbonyl (C=O) groups is 1. The van der Waals surface area contributed by atoms with Crippen molar-refractivity contribution in [3.05, 3.63) is 64.0 Å². The van der Waals surface area contributed by atoms with Crippen molar-refractivity contribution in [3.8, 4) is 5.75 Å². The number of nitro benzene ring substituents is 1. The van der Waals surface area contributed by atoms with Gasteiger partial charge in [0.05, 0.1) is 4.92 Å². The van der Waals surface area contributed by atoms with E-state index in [1.165, 1.54) is 42.3 Å². The highest BCUT2D eigenvalue weighted by Gasteiger charge is 2.19. The summed E-state index contributed by atoms with van der Waals surface area (Å²) in [4.78, 5) is 23.3. The van der Waals surface area contributed by atoms with Crippen LogP contribution in [0.3, 0.4) is 0 Å². The molecule has 0 aliphatic heterocycles. The van der Waals surface area contributed by atoms with Crippen LogP contribution in [0.15, 0.2) is 42.5 Å². The van der Waals surface area contributed by atoms with Gasteiger partial charge in [0.25, 0.3) is 5.91 Å². The molecule has 2 aromatic rings. The van der Waals surface area contributed by atoms with E-state index in [1.807, 2.05) is 0 Å². The Morgan fingerprint density at radius 2 is 1.86 bits per heavy atom.